The second kappa shape index (κ2) is 38.9. The van der Waals surface area contributed by atoms with Crippen LogP contribution in [0.15, 0.2) is 117 Å². The lowest BCUT2D eigenvalue weighted by Crippen LogP contribution is -2.35. The van der Waals surface area contributed by atoms with Gasteiger partial charge in [-0.1, -0.05) is 48.0 Å². The molecule has 9 aromatic rings. The third-order valence-electron chi connectivity index (χ3n) is 22.2. The summed E-state index contributed by atoms with van der Waals surface area (Å²) < 4.78 is 59.8. The van der Waals surface area contributed by atoms with Crippen LogP contribution in [0.5, 0.6) is 17.2 Å². The summed E-state index contributed by atoms with van der Waals surface area (Å²) in [6.07, 6.45) is 9.29. The number of anilines is 17. The van der Waals surface area contributed by atoms with Crippen molar-refractivity contribution >= 4 is 161 Å². The molecule has 6 atom stereocenters. The lowest BCUT2D eigenvalue weighted by Gasteiger charge is -2.29. The van der Waals surface area contributed by atoms with Gasteiger partial charge in [0.2, 0.25) is 46.8 Å². The van der Waals surface area contributed by atoms with Crippen molar-refractivity contribution in [2.24, 2.45) is 17.8 Å². The van der Waals surface area contributed by atoms with E-state index in [2.05, 4.69) is 146 Å². The SMILES string of the molecule is C=CC(=O)Cl.C=CC(=O)Nc1cc(Nc2ncnc(Nc3cc(F)c(Cl)cc3C(C)(C)O)n2)c(OC)cc1N1CC[C@@H]2CN(C)C[C@@H]21.COc1cc(N2CC[C@@H]3CN(C)C[C@@H]32)c(N)cc1Nc1ncnc(Nc2cc(F)c(Cl)cc2C(C)(C)O)n1.COc1cc(N2CC[C@@H]3CN(C)C[C@@H]32)c([N+](=O)[O-])cc1Nc1ncnc(Nc2cc(F)c(Cl)cc2C(C)(C)O)n1. The fraction of sp³-hybridized carbons (Fsp3) is 0.393. The quantitative estimate of drug-likeness (QED) is 0.00832. The second-order valence-electron chi connectivity index (χ2n) is 32.5. The van der Waals surface area contributed by atoms with E-state index in [1.807, 2.05) is 18.2 Å². The third-order valence-corrected chi connectivity index (χ3v) is 23.3. The minimum atomic E-state index is -1.34. The van der Waals surface area contributed by atoms with Gasteiger partial charge in [0, 0.05) is 135 Å². The van der Waals surface area contributed by atoms with Crippen molar-refractivity contribution in [3.05, 3.63) is 176 Å². The molecule has 0 unspecified atom stereocenters. The van der Waals surface area contributed by atoms with E-state index in [0.717, 1.165) is 102 Å². The Morgan fingerprint density at radius 3 is 1.10 bits per heavy atom. The van der Waals surface area contributed by atoms with Gasteiger partial charge in [-0.15, -0.1) is 0 Å². The van der Waals surface area contributed by atoms with Crippen molar-refractivity contribution in [2.45, 2.75) is 95.7 Å². The lowest BCUT2D eigenvalue weighted by atomic mass is 9.96. The van der Waals surface area contributed by atoms with Gasteiger partial charge in [0.25, 0.3) is 5.69 Å². The van der Waals surface area contributed by atoms with Gasteiger partial charge >= 0.3 is 0 Å². The number of nitro groups is 1. The predicted molar refractivity (Wildman–Crippen MR) is 479 cm³/mol. The highest BCUT2D eigenvalue weighted by Gasteiger charge is 2.45. The van der Waals surface area contributed by atoms with Gasteiger partial charge in [-0.25, -0.2) is 43.1 Å². The number of benzene rings is 6. The Kier molecular flexibility index (Phi) is 28.9. The molecular weight excluding hydrogens is 1700 g/mol. The number of carbonyl (C=O) groups excluding carboxylic acids is 2. The lowest BCUT2D eigenvalue weighted by molar-refractivity contribution is -0.384. The Hall–Kier alpha value is -11.5. The van der Waals surface area contributed by atoms with E-state index >= 15 is 0 Å². The smallest absolute Gasteiger partial charge is 0.294 e. The van der Waals surface area contributed by atoms with E-state index < -0.39 is 44.4 Å². The van der Waals surface area contributed by atoms with E-state index in [9.17, 15) is 48.2 Å². The van der Waals surface area contributed by atoms with Crippen LogP contribution in [0.2, 0.25) is 15.1 Å². The van der Waals surface area contributed by atoms with Crippen LogP contribution in [0.25, 0.3) is 0 Å². The van der Waals surface area contributed by atoms with Crippen molar-refractivity contribution in [2.75, 3.05) is 159 Å². The summed E-state index contributed by atoms with van der Waals surface area (Å²) in [4.78, 5) is 85.4. The van der Waals surface area contributed by atoms with Gasteiger partial charge in [0.05, 0.1) is 97.9 Å². The molecule has 125 heavy (non-hydrogen) atoms. The number of nitrogens with two attached hydrogens (primary N) is 1. The Bertz CT molecular complexity index is 5520. The van der Waals surface area contributed by atoms with Gasteiger partial charge in [-0.2, -0.15) is 15.0 Å². The van der Waals surface area contributed by atoms with Crippen LogP contribution < -0.4 is 71.9 Å². The number of rotatable bonds is 25. The summed E-state index contributed by atoms with van der Waals surface area (Å²) in [6.45, 7) is 24.5. The first-order chi connectivity index (χ1) is 59.2. The van der Waals surface area contributed by atoms with Crippen molar-refractivity contribution in [3.8, 4) is 17.2 Å². The Labute approximate surface area is 740 Å². The normalized spacial score (nSPS) is 18.5. The number of fused-ring (bicyclic) bond motifs is 3. The Morgan fingerprint density at radius 1 is 0.480 bits per heavy atom. The molecule has 9 heterocycles. The number of hydrogen-bond acceptors (Lipinski definition) is 32. The molecule has 6 aromatic carbocycles. The molecule has 0 aliphatic carbocycles. The molecule has 3 aromatic heterocycles. The highest BCUT2D eigenvalue weighted by atomic mass is 35.5. The average Bonchev–Trinajstić information content (AvgIpc) is 1.65. The molecule has 664 valence electrons. The minimum Gasteiger partial charge on any atom is -0.494 e. The molecule has 41 heteroatoms. The fourth-order valence-corrected chi connectivity index (χ4v) is 17.0. The van der Waals surface area contributed by atoms with E-state index in [0.29, 0.717) is 97.9 Å². The van der Waals surface area contributed by atoms with Gasteiger partial charge < -0.3 is 102 Å². The summed E-state index contributed by atoms with van der Waals surface area (Å²) >= 11 is 22.5. The maximum absolute atomic E-state index is 14.3. The van der Waals surface area contributed by atoms with Crippen LogP contribution in [0.3, 0.4) is 0 Å². The van der Waals surface area contributed by atoms with Crippen molar-refractivity contribution < 1.29 is 57.2 Å². The molecule has 6 saturated heterocycles. The number of methoxy groups -OCH3 is 3. The summed E-state index contributed by atoms with van der Waals surface area (Å²) in [5, 5.41) is 64.0. The van der Waals surface area contributed by atoms with Crippen molar-refractivity contribution in [1.29, 1.82) is 0 Å². The average molecular weight is 1800 g/mol. The molecule has 6 fully saturated rings. The highest BCUT2D eigenvalue weighted by Crippen LogP contribution is 2.48. The number of halogens is 7. The first kappa shape index (κ1) is 92.7. The number of nitrogen functional groups attached to an aromatic ring is 1. The highest BCUT2D eigenvalue weighted by molar-refractivity contribution is 6.66. The number of ether oxygens (including phenoxy) is 3. The van der Waals surface area contributed by atoms with Gasteiger partial charge in [0.15, 0.2) is 0 Å². The number of aromatic nitrogens is 9. The zero-order valence-corrected chi connectivity index (χ0v) is 73.8. The Morgan fingerprint density at radius 2 is 0.784 bits per heavy atom. The van der Waals surface area contributed by atoms with Crippen LogP contribution in [0.4, 0.5) is 117 Å². The number of likely N-dealkylation sites (N-methyl/N-ethyl adjacent to an activating group) is 3. The molecule has 0 saturated carbocycles. The van der Waals surface area contributed by atoms with Crippen LogP contribution >= 0.6 is 46.4 Å². The summed E-state index contributed by atoms with van der Waals surface area (Å²) in [7, 11) is 11.0. The zero-order chi connectivity index (χ0) is 90.4. The molecule has 0 bridgehead atoms. The van der Waals surface area contributed by atoms with E-state index in [-0.39, 0.29) is 85.5 Å². The first-order valence-electron chi connectivity index (χ1n) is 39.7. The number of carbonyl (C=O) groups is 2. The van der Waals surface area contributed by atoms with Gasteiger partial charge in [-0.05, 0) is 172 Å². The number of aliphatic hydroxyl groups is 3. The minimum absolute atomic E-state index is 0.0447. The monoisotopic (exact) mass is 1800 g/mol. The molecule has 0 radical (unpaired) electrons. The molecule has 15 rings (SSSR count). The summed E-state index contributed by atoms with van der Waals surface area (Å²) in [6, 6.07) is 19.1. The third kappa shape index (κ3) is 22.1. The van der Waals surface area contributed by atoms with Crippen LogP contribution in [0.1, 0.15) is 77.5 Å². The predicted octanol–water partition coefficient (Wildman–Crippen LogP) is 14.1. The maximum Gasteiger partial charge on any atom is 0.294 e. The standard InChI is InChI=1S/C29H34ClFN8O3.C26H30ClFN8O4.C26H32ClFN8O2.C3H3ClO/c1-6-26(40)34-21-11-22(25(42-5)12-23(21)39-8-7-16-13-38(4)14-24(16)39)36-28-33-15-32-27(37-28)35-20-10-19(31)18(30)9-17(20)29(2,3)41;1-26(2,37)15-7-16(27)17(28)8-18(15)31-24-29-13-30-25(33-24)32-19-9-21(36(38)39)20(10-23(19)40-4)35-6-5-14-11-34(3)12-22(14)35;1-26(2,37)15-7-16(27)17(28)8-19(15)32-24-30-13-31-25(34-24)33-20-9-18(29)21(10-23(20)38-4)36-6-5-14-11-35(3)12-22(14)36;1-2-3(4)5/h6,9-12,15-16,24,41H,1,7-8,13-14H2,2-5H3,(H,34,40)(H2,32,33,35,36,37);7-10,13-14,22,37H,5-6,11-12H2,1-4H3,(H2,29,30,31,32,33);7-10,13-14,22,37H,5-6,11-12,29H2,1-4H3,(H2,30,31,32,33,34);2H,1H2/t16-,24+;2*14-,22+;/m111./s1. The Balaban J connectivity index is 0.000000166. The maximum atomic E-state index is 14.3. The molecule has 6 aliphatic heterocycles. The van der Waals surface area contributed by atoms with E-state index in [1.165, 1.54) is 82.4 Å². The number of nitro benzene ring substituents is 1. The van der Waals surface area contributed by atoms with Gasteiger partial charge in [-0.3, -0.25) is 19.7 Å². The van der Waals surface area contributed by atoms with E-state index in [1.54, 1.807) is 54.0 Å². The number of allylic oxidation sites excluding steroid dienone is 1. The number of nitrogens with zero attached hydrogens (tertiary/aromatic N) is 16. The number of amides is 1. The molecular formula is C84H99Cl4F3N24O10. The number of likely N-dealkylation sites (tertiary alicyclic amines) is 3. The first-order valence-corrected chi connectivity index (χ1v) is 41.2. The zero-order valence-electron chi connectivity index (χ0n) is 70.8. The topological polar surface area (TPSA) is 411 Å². The van der Waals surface area contributed by atoms with Crippen LogP contribution in [-0.2, 0) is 26.4 Å². The summed E-state index contributed by atoms with van der Waals surface area (Å²) in [5.41, 5.74) is 9.29. The fourth-order valence-electron chi connectivity index (χ4n) is 16.5. The number of nitrogens with one attached hydrogen (secondary N) is 7. The van der Waals surface area contributed by atoms with Crippen molar-refractivity contribution in [3.63, 3.8) is 0 Å². The molecule has 1 amide bonds. The van der Waals surface area contributed by atoms with Crippen LogP contribution in [-0.4, -0.2) is 210 Å². The van der Waals surface area contributed by atoms with Crippen molar-refractivity contribution in [1.82, 2.24) is 59.6 Å². The van der Waals surface area contributed by atoms with Crippen LogP contribution in [0, 0.1) is 45.3 Å². The van der Waals surface area contributed by atoms with E-state index in [4.69, 9.17) is 66.3 Å². The molecule has 34 nitrogen and oxygen atoms in total. The largest absolute Gasteiger partial charge is 0.494 e. The number of hydrogen-bond donors (Lipinski definition) is 11. The molecule has 12 N–H and O–H groups in total. The van der Waals surface area contributed by atoms with Gasteiger partial charge in [0.1, 0.15) is 59.4 Å². The summed E-state index contributed by atoms with van der Waals surface area (Å²) in [5.74, 6) is 1.61. The molecule has 0 spiro atoms. The second-order valence-corrected chi connectivity index (χ2v) is 34.1. The molecule has 6 aliphatic rings.